The van der Waals surface area contributed by atoms with Crippen molar-refractivity contribution >= 4 is 76.4 Å². The molecule has 0 radical (unpaired) electrons. The fraction of sp³-hybridized carbons (Fsp3) is 0.240. The highest BCUT2D eigenvalue weighted by Gasteiger charge is 2.13. The van der Waals surface area contributed by atoms with Crippen LogP contribution in [0, 0.1) is 28.5 Å². The summed E-state index contributed by atoms with van der Waals surface area (Å²) in [5, 5.41) is 13.6. The Morgan fingerprint density at radius 2 is 1.25 bits per heavy atom. The van der Waals surface area contributed by atoms with E-state index in [4.69, 9.17) is 58.7 Å². The largest absolute Gasteiger partial charge is 0.462 e. The number of hydrogen-bond donors (Lipinski definition) is 1. The van der Waals surface area contributed by atoms with Crippen molar-refractivity contribution in [3.05, 3.63) is 76.5 Å². The number of aliphatic hydroxyl groups excluding tert-OH is 1. The number of hydrogen-bond acceptors (Lipinski definition) is 7. The summed E-state index contributed by atoms with van der Waals surface area (Å²) < 4.78 is 7.88. The predicted octanol–water partition coefficient (Wildman–Crippen LogP) is 7.22. The first-order valence-corrected chi connectivity index (χ1v) is 12.0. The lowest BCUT2D eigenvalue weighted by Crippen LogP contribution is -2.06. The second kappa shape index (κ2) is 9.85. The third-order valence-electron chi connectivity index (χ3n) is 5.60. The fourth-order valence-corrected chi connectivity index (χ4v) is 5.60. The number of carbonyl (C=O) groups is 1. The van der Waals surface area contributed by atoms with E-state index in [-0.39, 0.29) is 6.61 Å². The number of aliphatic hydroxyl groups is 1. The Bertz CT molecular complexity index is 1620. The maximum Gasteiger partial charge on any atom is 0.338 e. The van der Waals surface area contributed by atoms with E-state index >= 15 is 0 Å². The number of benzene rings is 2. The highest BCUT2D eigenvalue weighted by Crippen LogP contribution is 2.28. The molecule has 2 aliphatic rings. The van der Waals surface area contributed by atoms with Crippen LogP contribution in [-0.2, 0) is 4.74 Å². The highest BCUT2D eigenvalue weighted by atomic mass is 32.1. The first kappa shape index (κ1) is 23.1. The van der Waals surface area contributed by atoms with Gasteiger partial charge in [0.1, 0.15) is 0 Å². The molecule has 0 bridgehead atoms. The van der Waals surface area contributed by atoms with Crippen LogP contribution in [-0.4, -0.2) is 24.3 Å². The molecule has 1 N–H and O–H groups in total. The van der Waals surface area contributed by atoms with E-state index in [0.717, 1.165) is 47.1 Å². The zero-order valence-electron chi connectivity index (χ0n) is 17.2. The molecule has 0 fully saturated rings. The number of esters is 1. The average molecular weight is 497 g/mol. The van der Waals surface area contributed by atoms with Gasteiger partial charge in [-0.1, -0.05) is 85.6 Å². The molecule has 0 aliphatic heterocycles. The van der Waals surface area contributed by atoms with Gasteiger partial charge in [0.25, 0.3) is 0 Å². The molecule has 2 aromatic rings. The second-order valence-electron chi connectivity index (χ2n) is 7.65. The van der Waals surface area contributed by atoms with E-state index in [1.807, 2.05) is 30.3 Å². The normalized spacial score (nSPS) is 11.4. The quantitative estimate of drug-likeness (QED) is 0.165. The van der Waals surface area contributed by atoms with Crippen LogP contribution < -0.4 is 0 Å². The minimum Gasteiger partial charge on any atom is -0.462 e. The standard InChI is InChI=1S/C25H20O3S4/c26-11-5-1-2-6-12-28-25(27)14-9-10-17-18(13-14)24(32)20-19(23(17)31)21(29)15-7-3-4-8-16(15)22(20)30/h3-4,7-10,13,26H,1-2,5-6,11-12H2. The Hall–Kier alpha value is -2.03. The van der Waals surface area contributed by atoms with Gasteiger partial charge in [0.15, 0.2) is 0 Å². The molecule has 4 rings (SSSR count). The maximum absolute atomic E-state index is 12.6. The van der Waals surface area contributed by atoms with Crippen LogP contribution in [0.5, 0.6) is 0 Å². The van der Waals surface area contributed by atoms with E-state index in [1.165, 1.54) is 0 Å². The second-order valence-corrected chi connectivity index (χ2v) is 9.28. The minimum atomic E-state index is -0.393. The fourth-order valence-electron chi connectivity index (χ4n) is 3.95. The zero-order valence-corrected chi connectivity index (χ0v) is 20.4. The molecule has 0 heterocycles. The Balaban J connectivity index is 1.82. The molecule has 7 heteroatoms. The van der Waals surface area contributed by atoms with Gasteiger partial charge in [0.2, 0.25) is 0 Å². The van der Waals surface area contributed by atoms with Crippen LogP contribution >= 0.6 is 48.9 Å². The van der Waals surface area contributed by atoms with Crippen molar-refractivity contribution in [1.82, 2.24) is 0 Å². The van der Waals surface area contributed by atoms with Crippen LogP contribution in [0.3, 0.4) is 0 Å². The van der Waals surface area contributed by atoms with Crippen molar-refractivity contribution in [2.45, 2.75) is 25.7 Å². The van der Waals surface area contributed by atoms with Crippen LogP contribution in [0.2, 0.25) is 0 Å². The smallest absolute Gasteiger partial charge is 0.338 e. The number of rotatable bonds is 7. The van der Waals surface area contributed by atoms with Gasteiger partial charge in [0, 0.05) is 38.6 Å². The molecule has 2 aliphatic carbocycles. The van der Waals surface area contributed by atoms with E-state index in [1.54, 1.807) is 12.1 Å². The predicted molar refractivity (Wildman–Crippen MR) is 138 cm³/mol. The van der Waals surface area contributed by atoms with Crippen LogP contribution in [0.15, 0.2) is 42.5 Å². The Morgan fingerprint density at radius 3 is 1.84 bits per heavy atom. The van der Waals surface area contributed by atoms with Crippen molar-refractivity contribution < 1.29 is 14.6 Å². The summed E-state index contributed by atoms with van der Waals surface area (Å²) in [6.45, 7) is 0.531. The summed E-state index contributed by atoms with van der Waals surface area (Å²) in [5.41, 5.74) is 0.429. The molecule has 0 amide bonds. The SMILES string of the molecule is O=C(OCCCCCCO)c1ccc2c(=S)c3c(=S)c4ccccc4c(=S)c=3c(=S)c2c1. The van der Waals surface area contributed by atoms with Gasteiger partial charge in [0.05, 0.1) is 30.2 Å². The average Bonchev–Trinajstić information content (AvgIpc) is 2.81. The third kappa shape index (κ3) is 4.16. The Kier molecular flexibility index (Phi) is 7.12. The molecule has 0 aromatic heterocycles. The van der Waals surface area contributed by atoms with Gasteiger partial charge in [-0.2, -0.15) is 0 Å². The molecule has 2 aromatic carbocycles. The molecule has 3 nitrogen and oxygen atoms in total. The summed E-state index contributed by atoms with van der Waals surface area (Å²) in [5.74, 6) is -0.393. The summed E-state index contributed by atoms with van der Waals surface area (Å²) in [6, 6.07) is 13.0. The maximum atomic E-state index is 12.6. The summed E-state index contributed by atoms with van der Waals surface area (Å²) >= 11 is 23.2. The number of ether oxygens (including phenoxy) is 1. The number of unbranched alkanes of at least 4 members (excludes halogenated alkanes) is 3. The minimum absolute atomic E-state index is 0.189. The van der Waals surface area contributed by atoms with Crippen molar-refractivity contribution in [2.24, 2.45) is 0 Å². The van der Waals surface area contributed by atoms with E-state index in [0.29, 0.717) is 40.8 Å². The third-order valence-corrected chi connectivity index (χ3v) is 7.30. The van der Waals surface area contributed by atoms with Gasteiger partial charge in [-0.05, 0) is 31.4 Å². The highest BCUT2D eigenvalue weighted by molar-refractivity contribution is 7.73. The van der Waals surface area contributed by atoms with Crippen LogP contribution in [0.4, 0.5) is 0 Å². The summed E-state index contributed by atoms with van der Waals surface area (Å²) in [7, 11) is 0. The van der Waals surface area contributed by atoms with E-state index < -0.39 is 5.97 Å². The Morgan fingerprint density at radius 1 is 0.719 bits per heavy atom. The first-order chi connectivity index (χ1) is 15.5. The monoisotopic (exact) mass is 496 g/mol. The van der Waals surface area contributed by atoms with Gasteiger partial charge in [-0.3, -0.25) is 0 Å². The zero-order chi connectivity index (χ0) is 22.8. The molecule has 0 atom stereocenters. The van der Waals surface area contributed by atoms with Crippen molar-refractivity contribution in [1.29, 1.82) is 0 Å². The first-order valence-electron chi connectivity index (χ1n) is 10.4. The van der Waals surface area contributed by atoms with Gasteiger partial charge in [-0.25, -0.2) is 4.79 Å². The molecule has 162 valence electrons. The summed E-state index contributed by atoms with van der Waals surface area (Å²) in [6.07, 6.45) is 3.36. The van der Waals surface area contributed by atoms with E-state index in [9.17, 15) is 4.79 Å². The van der Waals surface area contributed by atoms with Crippen molar-refractivity contribution in [2.75, 3.05) is 13.2 Å². The number of carbonyl (C=O) groups excluding carboxylic acids is 1. The van der Waals surface area contributed by atoms with Gasteiger partial charge in [-0.15, -0.1) is 0 Å². The van der Waals surface area contributed by atoms with Crippen LogP contribution in [0.1, 0.15) is 36.0 Å². The molecule has 32 heavy (non-hydrogen) atoms. The molecular weight excluding hydrogens is 477 g/mol. The lowest BCUT2D eigenvalue weighted by Gasteiger charge is -2.08. The summed E-state index contributed by atoms with van der Waals surface area (Å²) in [4.78, 5) is 12.6. The molecule has 0 spiro atoms. The topological polar surface area (TPSA) is 46.5 Å². The lowest BCUT2D eigenvalue weighted by atomic mass is 10.0. The van der Waals surface area contributed by atoms with Gasteiger partial charge >= 0.3 is 5.97 Å². The molecule has 0 saturated carbocycles. The van der Waals surface area contributed by atoms with Gasteiger partial charge < -0.3 is 9.84 Å². The van der Waals surface area contributed by atoms with Crippen molar-refractivity contribution in [3.63, 3.8) is 0 Å². The molecular formula is C25H20O3S4. The van der Waals surface area contributed by atoms with E-state index in [2.05, 4.69) is 0 Å². The lowest BCUT2D eigenvalue weighted by molar-refractivity contribution is 0.0497. The number of fused-ring (bicyclic) bond motifs is 2. The van der Waals surface area contributed by atoms with Crippen LogP contribution in [0.25, 0.3) is 21.5 Å². The Labute approximate surface area is 205 Å². The molecule has 0 unspecified atom stereocenters. The van der Waals surface area contributed by atoms with Crippen molar-refractivity contribution in [3.8, 4) is 0 Å². The molecule has 0 saturated heterocycles.